The molecule has 6 heterocycles. The van der Waals surface area contributed by atoms with Crippen LogP contribution in [0.5, 0.6) is 11.8 Å². The number of benzene rings is 2. The highest BCUT2D eigenvalue weighted by atomic mass is 19.1. The van der Waals surface area contributed by atoms with E-state index >= 15 is 4.39 Å². The first kappa shape index (κ1) is 36.0. The van der Waals surface area contributed by atoms with Crippen LogP contribution in [-0.4, -0.2) is 108 Å². The number of halogens is 2. The summed E-state index contributed by atoms with van der Waals surface area (Å²) in [5.41, 5.74) is 2.53. The maximum absolute atomic E-state index is 15.3. The average Bonchev–Trinajstić information content (AvgIpc) is 3.74. The van der Waals surface area contributed by atoms with E-state index in [-0.39, 0.29) is 42.3 Å². The predicted octanol–water partition coefficient (Wildman–Crippen LogP) is 6.42. The Labute approximate surface area is 310 Å². The topological polar surface area (TPSA) is 92.7 Å². The molecule has 5 aliphatic rings. The summed E-state index contributed by atoms with van der Waals surface area (Å²) in [6, 6.07) is 7.53. The highest BCUT2D eigenvalue weighted by Crippen LogP contribution is 2.43. The Morgan fingerprint density at radius 2 is 1.83 bits per heavy atom. The number of fused-ring (bicyclic) bond motifs is 5. The van der Waals surface area contributed by atoms with Gasteiger partial charge < -0.3 is 28.7 Å². The number of carbonyl (C=O) groups excluding carboxylic acids is 1. The van der Waals surface area contributed by atoms with Crippen molar-refractivity contribution < 1.29 is 32.5 Å². The van der Waals surface area contributed by atoms with Crippen LogP contribution in [0, 0.1) is 5.82 Å². The van der Waals surface area contributed by atoms with Gasteiger partial charge in [0, 0.05) is 62.4 Å². The van der Waals surface area contributed by atoms with Gasteiger partial charge in [0.05, 0.1) is 29.9 Å². The number of rotatable bonds is 9. The lowest BCUT2D eigenvalue weighted by molar-refractivity contribution is 0.0122. The molecule has 4 saturated heterocycles. The van der Waals surface area contributed by atoms with Crippen molar-refractivity contribution in [3.63, 3.8) is 0 Å². The summed E-state index contributed by atoms with van der Waals surface area (Å²) in [6.45, 7) is 11.8. The van der Waals surface area contributed by atoms with Crippen LogP contribution in [0.25, 0.3) is 10.8 Å². The molecule has 0 unspecified atom stereocenters. The standard InChI is InChI=1S/C40H52F2N6O5/c1-6-30-32(42)11-8-25-16-29(52-24-50-5)17-34(35(25)30)45-15-12-31-33(22-45)43-37(51-23-40-13-7-14-47(40)19-26(41)18-40)44-36(31)46-20-27-9-10-28(21-46)48(27)38(49)53-39(2,3)4/h8,11,16-17,26-28H,6-7,9-10,12-15,18-24H2,1-5H3/t26-,27+,28+,40+/m1/s1. The van der Waals surface area contributed by atoms with Gasteiger partial charge >= 0.3 is 12.1 Å². The van der Waals surface area contributed by atoms with E-state index in [1.165, 1.54) is 6.07 Å². The Kier molecular flexibility index (Phi) is 9.53. The molecule has 0 saturated carbocycles. The van der Waals surface area contributed by atoms with Crippen LogP contribution >= 0.6 is 0 Å². The number of amides is 1. The molecular weight excluding hydrogens is 682 g/mol. The molecule has 11 nitrogen and oxygen atoms in total. The Morgan fingerprint density at radius 1 is 1.04 bits per heavy atom. The van der Waals surface area contributed by atoms with Crippen molar-refractivity contribution in [2.24, 2.45) is 0 Å². The zero-order valence-electron chi connectivity index (χ0n) is 31.6. The van der Waals surface area contributed by atoms with E-state index in [9.17, 15) is 9.18 Å². The summed E-state index contributed by atoms with van der Waals surface area (Å²) in [5.74, 6) is 1.25. The molecule has 0 N–H and O–H groups in total. The molecule has 0 spiro atoms. The molecule has 8 rings (SSSR count). The second-order valence-electron chi connectivity index (χ2n) is 16.4. The number of aryl methyl sites for hydroxylation is 1. The van der Waals surface area contributed by atoms with Crippen molar-refractivity contribution in [2.45, 2.75) is 109 Å². The fraction of sp³-hybridized carbons (Fsp3) is 0.625. The van der Waals surface area contributed by atoms with Gasteiger partial charge in [0.1, 0.15) is 35.8 Å². The zero-order chi connectivity index (χ0) is 37.1. The molecule has 5 aliphatic heterocycles. The molecule has 286 valence electrons. The number of carbonyl (C=O) groups is 1. The van der Waals surface area contributed by atoms with Crippen molar-refractivity contribution >= 4 is 28.4 Å². The molecule has 0 aliphatic carbocycles. The highest BCUT2D eigenvalue weighted by molar-refractivity contribution is 5.98. The monoisotopic (exact) mass is 734 g/mol. The lowest BCUT2D eigenvalue weighted by Crippen LogP contribution is -2.57. The van der Waals surface area contributed by atoms with Gasteiger partial charge in [-0.2, -0.15) is 9.97 Å². The van der Waals surface area contributed by atoms with Crippen molar-refractivity contribution in [1.29, 1.82) is 0 Å². The number of piperazine rings is 1. The van der Waals surface area contributed by atoms with Gasteiger partial charge in [-0.15, -0.1) is 0 Å². The van der Waals surface area contributed by atoms with Crippen LogP contribution < -0.4 is 19.3 Å². The van der Waals surface area contributed by atoms with Crippen molar-refractivity contribution in [1.82, 2.24) is 19.8 Å². The molecule has 2 aromatic carbocycles. The predicted molar refractivity (Wildman–Crippen MR) is 198 cm³/mol. The number of aromatic nitrogens is 2. The maximum atomic E-state index is 15.3. The smallest absolute Gasteiger partial charge is 0.410 e. The molecule has 2 bridgehead atoms. The minimum Gasteiger partial charge on any atom is -0.467 e. The first-order valence-electron chi connectivity index (χ1n) is 19.2. The fourth-order valence-electron chi connectivity index (χ4n) is 9.53. The average molecular weight is 735 g/mol. The third-order valence-electron chi connectivity index (χ3n) is 11.8. The molecule has 3 aromatic rings. The number of hydrogen-bond acceptors (Lipinski definition) is 10. The van der Waals surface area contributed by atoms with Crippen LogP contribution in [0.1, 0.15) is 76.6 Å². The van der Waals surface area contributed by atoms with Gasteiger partial charge in [-0.25, -0.2) is 13.6 Å². The van der Waals surface area contributed by atoms with Crippen LogP contribution in [0.3, 0.4) is 0 Å². The highest BCUT2D eigenvalue weighted by Gasteiger charge is 2.50. The lowest BCUT2D eigenvalue weighted by Gasteiger charge is -2.43. The first-order chi connectivity index (χ1) is 25.4. The Bertz CT molecular complexity index is 1860. The number of methoxy groups -OCH3 is 1. The number of nitrogens with zero attached hydrogens (tertiary/aromatic N) is 6. The number of hydrogen-bond donors (Lipinski definition) is 0. The minimum atomic E-state index is -0.861. The molecule has 4 fully saturated rings. The van der Waals surface area contributed by atoms with Crippen LogP contribution in [0.4, 0.5) is 25.1 Å². The summed E-state index contributed by atoms with van der Waals surface area (Å²) in [7, 11) is 1.58. The molecule has 0 radical (unpaired) electrons. The maximum Gasteiger partial charge on any atom is 0.410 e. The van der Waals surface area contributed by atoms with Crippen LogP contribution in [0.2, 0.25) is 0 Å². The van der Waals surface area contributed by atoms with Gasteiger partial charge in [-0.05, 0) is 88.9 Å². The normalized spacial score (nSPS) is 25.6. The lowest BCUT2D eigenvalue weighted by atomic mass is 9.95. The van der Waals surface area contributed by atoms with Gasteiger partial charge in [-0.1, -0.05) is 13.0 Å². The summed E-state index contributed by atoms with van der Waals surface area (Å²) in [6.07, 6.45) is 4.25. The quantitative estimate of drug-likeness (QED) is 0.230. The first-order valence-corrected chi connectivity index (χ1v) is 19.2. The summed E-state index contributed by atoms with van der Waals surface area (Å²) in [5, 5.41) is 1.76. The summed E-state index contributed by atoms with van der Waals surface area (Å²) < 4.78 is 53.4. The molecule has 53 heavy (non-hydrogen) atoms. The van der Waals surface area contributed by atoms with E-state index in [1.807, 2.05) is 44.7 Å². The van der Waals surface area contributed by atoms with Crippen molar-refractivity contribution in [3.05, 3.63) is 46.9 Å². The van der Waals surface area contributed by atoms with E-state index < -0.39 is 11.8 Å². The number of ether oxygens (including phenoxy) is 4. The Hall–Kier alpha value is -3.97. The van der Waals surface area contributed by atoms with E-state index in [2.05, 4.69) is 14.7 Å². The summed E-state index contributed by atoms with van der Waals surface area (Å²) in [4.78, 5) is 32.2. The van der Waals surface area contributed by atoms with E-state index in [0.717, 1.165) is 65.8 Å². The van der Waals surface area contributed by atoms with Gasteiger partial charge in [0.25, 0.3) is 0 Å². The van der Waals surface area contributed by atoms with Crippen molar-refractivity contribution in [3.8, 4) is 11.8 Å². The van der Waals surface area contributed by atoms with Crippen LogP contribution in [-0.2, 0) is 28.9 Å². The summed E-state index contributed by atoms with van der Waals surface area (Å²) >= 11 is 0. The van der Waals surface area contributed by atoms with Gasteiger partial charge in [-0.3, -0.25) is 9.80 Å². The molecule has 13 heteroatoms. The van der Waals surface area contributed by atoms with Gasteiger partial charge in [0.2, 0.25) is 0 Å². The fourth-order valence-corrected chi connectivity index (χ4v) is 9.53. The SMILES string of the molecule is CCc1c(F)ccc2cc(OCOC)cc(N3CCc4c(nc(OC[C@@]56CCCN5C[C@H](F)C6)nc4N4C[C@@H]5CC[C@@H](C4)N5C(=O)OC(C)(C)C)C3)c12. The molecule has 1 aromatic heterocycles. The second-order valence-corrected chi connectivity index (χ2v) is 16.4. The molecular formula is C40H52F2N6O5. The number of alkyl halides is 1. The third kappa shape index (κ3) is 6.83. The van der Waals surface area contributed by atoms with E-state index in [1.54, 1.807) is 13.2 Å². The Balaban J connectivity index is 1.15. The van der Waals surface area contributed by atoms with E-state index in [4.69, 9.17) is 28.9 Å². The zero-order valence-corrected chi connectivity index (χ0v) is 31.6. The Morgan fingerprint density at radius 3 is 2.57 bits per heavy atom. The molecule has 1 amide bonds. The minimum absolute atomic E-state index is 0.00755. The van der Waals surface area contributed by atoms with Crippen LogP contribution in [0.15, 0.2) is 24.3 Å². The largest absolute Gasteiger partial charge is 0.467 e. The van der Waals surface area contributed by atoms with Gasteiger partial charge in [0.15, 0.2) is 6.79 Å². The second kappa shape index (κ2) is 14.0. The van der Waals surface area contributed by atoms with Crippen molar-refractivity contribution in [2.75, 3.05) is 63.0 Å². The van der Waals surface area contributed by atoms with E-state index in [0.29, 0.717) is 69.9 Å². The number of anilines is 2. The third-order valence-corrected chi connectivity index (χ3v) is 11.8. The molecule has 4 atom stereocenters.